The van der Waals surface area contributed by atoms with E-state index < -0.39 is 5.97 Å². The van der Waals surface area contributed by atoms with E-state index in [2.05, 4.69) is 27.7 Å². The smallest absolute Gasteiger partial charge is 0.319 e. The summed E-state index contributed by atoms with van der Waals surface area (Å²) >= 11 is 0. The summed E-state index contributed by atoms with van der Waals surface area (Å²) in [5.74, 6) is -0.392. The molecule has 0 fully saturated rings. The molecule has 1 N–H and O–H groups in total. The van der Waals surface area contributed by atoms with Gasteiger partial charge in [-0.05, 0) is 25.2 Å². The number of carbonyl (C=O) groups is 2. The number of aliphatic carboxylic acids is 1. The van der Waals surface area contributed by atoms with Crippen LogP contribution in [-0.4, -0.2) is 53.1 Å². The van der Waals surface area contributed by atoms with Crippen molar-refractivity contribution < 1.29 is 14.7 Å². The normalized spacial score (nSPS) is 10.9. The number of nitrogens with zero attached hydrogens (tertiary/aromatic N) is 2. The summed E-state index contributed by atoms with van der Waals surface area (Å²) in [5, 5.41) is 8.64. The summed E-state index contributed by atoms with van der Waals surface area (Å²) < 4.78 is 0. The number of rotatable bonds is 9. The van der Waals surface area contributed by atoms with Crippen LogP contribution in [-0.2, 0) is 4.79 Å². The molecule has 2 amide bonds. The minimum absolute atomic E-state index is 0.0118. The minimum Gasteiger partial charge on any atom is -0.481 e. The van der Waals surface area contributed by atoms with Gasteiger partial charge in [-0.15, -0.1) is 0 Å². The quantitative estimate of drug-likeness (QED) is 0.708. The van der Waals surface area contributed by atoms with Crippen molar-refractivity contribution in [1.29, 1.82) is 0 Å². The third-order valence-corrected chi connectivity index (χ3v) is 3.40. The van der Waals surface area contributed by atoms with Crippen LogP contribution in [0.25, 0.3) is 0 Å². The molecule has 0 saturated heterocycles. The Bertz CT molecular complexity index is 301. The average molecular weight is 286 g/mol. The monoisotopic (exact) mass is 286 g/mol. The van der Waals surface area contributed by atoms with Crippen molar-refractivity contribution in [2.75, 3.05) is 20.1 Å². The largest absolute Gasteiger partial charge is 0.481 e. The van der Waals surface area contributed by atoms with Gasteiger partial charge in [-0.3, -0.25) is 4.79 Å². The summed E-state index contributed by atoms with van der Waals surface area (Å²) in [4.78, 5) is 26.6. The third kappa shape index (κ3) is 6.78. The maximum Gasteiger partial charge on any atom is 0.319 e. The fraction of sp³-hybridized carbons (Fsp3) is 0.867. The van der Waals surface area contributed by atoms with E-state index in [1.807, 2.05) is 4.90 Å². The molecule has 0 aromatic rings. The maximum absolute atomic E-state index is 12.5. The Morgan fingerprint density at radius 2 is 1.70 bits per heavy atom. The number of amides is 2. The fourth-order valence-electron chi connectivity index (χ4n) is 2.29. The molecule has 0 aromatic carbocycles. The highest BCUT2D eigenvalue weighted by Gasteiger charge is 2.24. The SMILES string of the molecule is CCC(CC)N(CC(C)C)C(=O)N(C)CCCC(=O)O. The lowest BCUT2D eigenvalue weighted by atomic mass is 10.1. The zero-order valence-electron chi connectivity index (χ0n) is 13.6. The molecular formula is C15H30N2O3. The van der Waals surface area contributed by atoms with E-state index in [0.29, 0.717) is 18.9 Å². The lowest BCUT2D eigenvalue weighted by molar-refractivity contribution is -0.137. The highest BCUT2D eigenvalue weighted by atomic mass is 16.4. The Morgan fingerprint density at radius 1 is 1.15 bits per heavy atom. The molecule has 0 unspecified atom stereocenters. The summed E-state index contributed by atoms with van der Waals surface area (Å²) in [6.45, 7) is 9.63. The van der Waals surface area contributed by atoms with Crippen LogP contribution in [0.2, 0.25) is 0 Å². The van der Waals surface area contributed by atoms with Crippen LogP contribution in [0.3, 0.4) is 0 Å². The van der Waals surface area contributed by atoms with E-state index in [9.17, 15) is 9.59 Å². The van der Waals surface area contributed by atoms with Crippen LogP contribution >= 0.6 is 0 Å². The van der Waals surface area contributed by atoms with Crippen molar-refractivity contribution in [3.8, 4) is 0 Å². The second kappa shape index (κ2) is 9.61. The second-order valence-corrected chi connectivity index (χ2v) is 5.72. The molecule has 0 aromatic heterocycles. The van der Waals surface area contributed by atoms with Gasteiger partial charge in [0.25, 0.3) is 0 Å². The lowest BCUT2D eigenvalue weighted by Crippen LogP contribution is -2.48. The van der Waals surface area contributed by atoms with Crippen LogP contribution < -0.4 is 0 Å². The van der Waals surface area contributed by atoms with Crippen molar-refractivity contribution in [3.05, 3.63) is 0 Å². The molecule has 0 saturated carbocycles. The number of carboxylic acids is 1. The molecule has 20 heavy (non-hydrogen) atoms. The van der Waals surface area contributed by atoms with Crippen molar-refractivity contribution in [1.82, 2.24) is 9.80 Å². The Kier molecular flexibility index (Phi) is 9.01. The molecule has 0 spiro atoms. The first-order chi connectivity index (χ1) is 9.33. The van der Waals surface area contributed by atoms with Gasteiger partial charge in [0.2, 0.25) is 0 Å². The highest BCUT2D eigenvalue weighted by Crippen LogP contribution is 2.14. The first-order valence-electron chi connectivity index (χ1n) is 7.56. The first-order valence-corrected chi connectivity index (χ1v) is 7.56. The van der Waals surface area contributed by atoms with Crippen molar-refractivity contribution >= 4 is 12.0 Å². The van der Waals surface area contributed by atoms with Crippen LogP contribution in [0, 0.1) is 5.92 Å². The van der Waals surface area contributed by atoms with E-state index in [1.54, 1.807) is 11.9 Å². The fourth-order valence-corrected chi connectivity index (χ4v) is 2.29. The van der Waals surface area contributed by atoms with Crippen LogP contribution in [0.15, 0.2) is 0 Å². The van der Waals surface area contributed by atoms with Gasteiger partial charge in [-0.2, -0.15) is 0 Å². The molecule has 0 aliphatic carbocycles. The van der Waals surface area contributed by atoms with Gasteiger partial charge in [-0.1, -0.05) is 27.7 Å². The molecule has 0 aliphatic heterocycles. The summed E-state index contributed by atoms with van der Waals surface area (Å²) in [7, 11) is 1.75. The molecule has 5 heteroatoms. The highest BCUT2D eigenvalue weighted by molar-refractivity contribution is 5.74. The number of hydrogen-bond acceptors (Lipinski definition) is 2. The zero-order valence-corrected chi connectivity index (χ0v) is 13.6. The average Bonchev–Trinajstić information content (AvgIpc) is 2.37. The van der Waals surface area contributed by atoms with Gasteiger partial charge in [0, 0.05) is 32.6 Å². The van der Waals surface area contributed by atoms with Gasteiger partial charge in [0.1, 0.15) is 0 Å². The van der Waals surface area contributed by atoms with Crippen molar-refractivity contribution in [3.63, 3.8) is 0 Å². The zero-order chi connectivity index (χ0) is 15.7. The van der Waals surface area contributed by atoms with Gasteiger partial charge >= 0.3 is 12.0 Å². The van der Waals surface area contributed by atoms with E-state index in [4.69, 9.17) is 5.11 Å². The maximum atomic E-state index is 12.5. The van der Waals surface area contributed by atoms with Crippen LogP contribution in [0.5, 0.6) is 0 Å². The van der Waals surface area contributed by atoms with Crippen molar-refractivity contribution in [2.24, 2.45) is 5.92 Å². The molecule has 0 rings (SSSR count). The number of hydrogen-bond donors (Lipinski definition) is 1. The summed E-state index contributed by atoms with van der Waals surface area (Å²) in [6.07, 6.45) is 2.48. The van der Waals surface area contributed by atoms with Gasteiger partial charge in [-0.25, -0.2) is 4.79 Å². The Balaban J connectivity index is 4.62. The Hall–Kier alpha value is -1.26. The van der Waals surface area contributed by atoms with Crippen LogP contribution in [0.1, 0.15) is 53.4 Å². The minimum atomic E-state index is -0.815. The molecule has 0 heterocycles. The van der Waals surface area contributed by atoms with E-state index in [1.165, 1.54) is 0 Å². The molecule has 5 nitrogen and oxygen atoms in total. The topological polar surface area (TPSA) is 60.9 Å². The van der Waals surface area contributed by atoms with E-state index in [0.717, 1.165) is 19.4 Å². The predicted molar refractivity (Wildman–Crippen MR) is 80.8 cm³/mol. The first kappa shape index (κ1) is 18.7. The predicted octanol–water partition coefficient (Wildman–Crippen LogP) is 3.05. The molecule has 0 radical (unpaired) electrons. The Labute approximate surface area is 122 Å². The van der Waals surface area contributed by atoms with E-state index in [-0.39, 0.29) is 18.5 Å². The van der Waals surface area contributed by atoms with Gasteiger partial charge in [0.15, 0.2) is 0 Å². The Morgan fingerprint density at radius 3 is 2.10 bits per heavy atom. The molecule has 0 atom stereocenters. The molecule has 0 aliphatic rings. The lowest BCUT2D eigenvalue weighted by Gasteiger charge is -2.35. The van der Waals surface area contributed by atoms with Crippen molar-refractivity contribution in [2.45, 2.75) is 59.4 Å². The van der Waals surface area contributed by atoms with E-state index >= 15 is 0 Å². The molecular weight excluding hydrogens is 256 g/mol. The number of urea groups is 1. The molecule has 118 valence electrons. The standard InChI is InChI=1S/C15H30N2O3/c1-6-13(7-2)17(11-12(3)4)15(20)16(5)10-8-9-14(18)19/h12-13H,6-11H2,1-5H3,(H,18,19). The van der Waals surface area contributed by atoms with Gasteiger partial charge in [0.05, 0.1) is 0 Å². The number of carbonyl (C=O) groups excluding carboxylic acids is 1. The summed E-state index contributed by atoms with van der Waals surface area (Å²) in [6, 6.07) is 0.268. The van der Waals surface area contributed by atoms with Crippen LogP contribution in [0.4, 0.5) is 4.79 Å². The molecule has 0 bridgehead atoms. The number of carboxylic acid groups (broad SMARTS) is 1. The van der Waals surface area contributed by atoms with Gasteiger partial charge < -0.3 is 14.9 Å². The second-order valence-electron chi connectivity index (χ2n) is 5.72. The summed E-state index contributed by atoms with van der Waals surface area (Å²) in [5.41, 5.74) is 0. The third-order valence-electron chi connectivity index (χ3n) is 3.40.